The van der Waals surface area contributed by atoms with Crippen molar-refractivity contribution in [3.8, 4) is 0 Å². The molecule has 1 N–H and O–H groups in total. The predicted octanol–water partition coefficient (Wildman–Crippen LogP) is 1.76. The first-order valence-electron chi connectivity index (χ1n) is 6.89. The molecule has 0 amide bonds. The van der Waals surface area contributed by atoms with Crippen molar-refractivity contribution in [1.82, 2.24) is 24.7 Å². The van der Waals surface area contributed by atoms with E-state index in [1.165, 1.54) is 0 Å². The normalized spacial score (nSPS) is 15.9. The van der Waals surface area contributed by atoms with Crippen molar-refractivity contribution in [2.45, 2.75) is 13.0 Å². The van der Waals surface area contributed by atoms with Crippen LogP contribution in [-0.4, -0.2) is 45.5 Å². The molecule has 4 heterocycles. The third-order valence-electron chi connectivity index (χ3n) is 3.90. The van der Waals surface area contributed by atoms with Crippen LogP contribution in [0.25, 0.3) is 16.8 Å². The van der Waals surface area contributed by atoms with Gasteiger partial charge in [-0.25, -0.2) is 15.0 Å². The fraction of sp³-hybridized carbons (Fsp3) is 0.357. The molecule has 0 radical (unpaired) electrons. The molecule has 21 heavy (non-hydrogen) atoms. The Hall–Kier alpha value is -1.73. The third-order valence-corrected chi connectivity index (χ3v) is 4.33. The van der Waals surface area contributed by atoms with Gasteiger partial charge in [0.05, 0.1) is 11.2 Å². The Balaban J connectivity index is 1.95. The summed E-state index contributed by atoms with van der Waals surface area (Å²) < 4.78 is 3.02. The molecule has 0 spiro atoms. The molecule has 0 aromatic carbocycles. The number of hydrogen-bond acceptors (Lipinski definition) is 5. The summed E-state index contributed by atoms with van der Waals surface area (Å²) in [5.74, 6) is 0.914. The van der Waals surface area contributed by atoms with Gasteiger partial charge in [-0.1, -0.05) is 0 Å². The number of nitrogens with zero attached hydrogens (tertiary/aromatic N) is 5. The fourth-order valence-corrected chi connectivity index (χ4v) is 3.04. The van der Waals surface area contributed by atoms with Crippen LogP contribution in [0.3, 0.4) is 0 Å². The minimum atomic E-state index is 0.525. The number of fused-ring (bicyclic) bond motifs is 3. The maximum Gasteiger partial charge on any atom is 0.181 e. The van der Waals surface area contributed by atoms with Crippen LogP contribution in [0, 0.1) is 6.92 Å². The van der Waals surface area contributed by atoms with E-state index in [0.717, 1.165) is 45.9 Å². The van der Waals surface area contributed by atoms with E-state index in [-0.39, 0.29) is 0 Å². The van der Waals surface area contributed by atoms with E-state index in [1.807, 2.05) is 26.2 Å². The molecule has 0 aliphatic carbocycles. The highest BCUT2D eigenvalue weighted by molar-refractivity contribution is 9.10. The van der Waals surface area contributed by atoms with Crippen molar-refractivity contribution in [3.05, 3.63) is 28.6 Å². The van der Waals surface area contributed by atoms with Crippen molar-refractivity contribution in [2.24, 2.45) is 0 Å². The summed E-state index contributed by atoms with van der Waals surface area (Å²) >= 11 is 3.47. The Morgan fingerprint density at radius 2 is 2.14 bits per heavy atom. The lowest BCUT2D eigenvalue weighted by Crippen LogP contribution is -2.57. The van der Waals surface area contributed by atoms with Crippen LogP contribution >= 0.6 is 15.9 Å². The summed E-state index contributed by atoms with van der Waals surface area (Å²) in [6.45, 7) is 3.90. The van der Waals surface area contributed by atoms with E-state index in [9.17, 15) is 0 Å². The fourth-order valence-electron chi connectivity index (χ4n) is 2.72. The molecule has 3 aromatic heterocycles. The molecule has 0 unspecified atom stereocenters. The Morgan fingerprint density at radius 3 is 2.90 bits per heavy atom. The third kappa shape index (κ3) is 1.99. The van der Waals surface area contributed by atoms with E-state index in [4.69, 9.17) is 4.98 Å². The van der Waals surface area contributed by atoms with Gasteiger partial charge in [-0.3, -0.25) is 4.40 Å². The summed E-state index contributed by atoms with van der Waals surface area (Å²) in [6, 6.07) is 2.55. The van der Waals surface area contributed by atoms with Gasteiger partial charge in [0.25, 0.3) is 0 Å². The van der Waals surface area contributed by atoms with E-state index in [2.05, 4.69) is 40.5 Å². The van der Waals surface area contributed by atoms with Gasteiger partial charge in [0.15, 0.2) is 17.1 Å². The van der Waals surface area contributed by atoms with Crippen LogP contribution in [0.2, 0.25) is 0 Å². The Kier molecular flexibility index (Phi) is 2.87. The molecule has 1 fully saturated rings. The maximum atomic E-state index is 4.73. The average molecular weight is 347 g/mol. The number of aromatic nitrogens is 4. The molecule has 1 aliphatic rings. The number of likely N-dealkylation sites (N-methyl/N-ethyl adjacent to an activating group) is 1. The first kappa shape index (κ1) is 13.0. The lowest BCUT2D eigenvalue weighted by atomic mass is 10.1. The lowest BCUT2D eigenvalue weighted by Gasteiger charge is -2.39. The molecule has 1 saturated heterocycles. The molecule has 6 nitrogen and oxygen atoms in total. The SMILES string of the molecule is CNC1CN(c2nc3ncc(Br)cc3n3cc(C)nc23)C1. The topological polar surface area (TPSA) is 58.3 Å². The van der Waals surface area contributed by atoms with Crippen LogP contribution in [-0.2, 0) is 0 Å². The Morgan fingerprint density at radius 1 is 1.33 bits per heavy atom. The number of halogens is 1. The quantitative estimate of drug-likeness (QED) is 0.766. The van der Waals surface area contributed by atoms with E-state index in [1.54, 1.807) is 6.20 Å². The van der Waals surface area contributed by atoms with Gasteiger partial charge in [0.1, 0.15) is 0 Å². The van der Waals surface area contributed by atoms with Crippen molar-refractivity contribution in [1.29, 1.82) is 0 Å². The maximum absolute atomic E-state index is 4.73. The second kappa shape index (κ2) is 4.64. The predicted molar refractivity (Wildman–Crippen MR) is 85.8 cm³/mol. The molecule has 7 heteroatoms. The van der Waals surface area contributed by atoms with Gasteiger partial charge in [-0.15, -0.1) is 0 Å². The number of imidazole rings is 1. The smallest absolute Gasteiger partial charge is 0.181 e. The summed E-state index contributed by atoms with van der Waals surface area (Å²) in [6.07, 6.45) is 3.81. The number of nitrogens with one attached hydrogen (secondary N) is 1. The Bertz CT molecular complexity index is 836. The first-order chi connectivity index (χ1) is 10.2. The summed E-state index contributed by atoms with van der Waals surface area (Å²) in [7, 11) is 1.99. The van der Waals surface area contributed by atoms with E-state index >= 15 is 0 Å². The molecule has 1 aliphatic heterocycles. The monoisotopic (exact) mass is 346 g/mol. The van der Waals surface area contributed by atoms with Gasteiger partial charge < -0.3 is 10.2 Å². The molecule has 3 aromatic rings. The van der Waals surface area contributed by atoms with Crippen molar-refractivity contribution < 1.29 is 0 Å². The zero-order valence-corrected chi connectivity index (χ0v) is 13.4. The largest absolute Gasteiger partial charge is 0.350 e. The zero-order chi connectivity index (χ0) is 14.6. The number of anilines is 1. The first-order valence-corrected chi connectivity index (χ1v) is 7.68. The van der Waals surface area contributed by atoms with Crippen LogP contribution in [0.1, 0.15) is 5.69 Å². The summed E-state index contributed by atoms with van der Waals surface area (Å²) in [5, 5.41) is 3.28. The molecule has 0 atom stereocenters. The average Bonchev–Trinajstić information content (AvgIpc) is 2.80. The van der Waals surface area contributed by atoms with Crippen molar-refractivity contribution in [2.75, 3.05) is 25.0 Å². The highest BCUT2D eigenvalue weighted by Gasteiger charge is 2.29. The van der Waals surface area contributed by atoms with Crippen molar-refractivity contribution >= 4 is 38.6 Å². The van der Waals surface area contributed by atoms with E-state index < -0.39 is 0 Å². The second-order valence-corrected chi connectivity index (χ2v) is 6.31. The molecule has 108 valence electrons. The van der Waals surface area contributed by atoms with Crippen LogP contribution in [0.5, 0.6) is 0 Å². The minimum Gasteiger partial charge on any atom is -0.350 e. The Labute approximate surface area is 130 Å². The molecule has 0 bridgehead atoms. The zero-order valence-electron chi connectivity index (χ0n) is 11.8. The molecule has 0 saturated carbocycles. The highest BCUT2D eigenvalue weighted by atomic mass is 79.9. The number of aryl methyl sites for hydroxylation is 1. The molecular formula is C14H15BrN6. The van der Waals surface area contributed by atoms with Gasteiger partial charge in [0, 0.05) is 36.0 Å². The summed E-state index contributed by atoms with van der Waals surface area (Å²) in [4.78, 5) is 16.0. The lowest BCUT2D eigenvalue weighted by molar-refractivity contribution is 0.448. The highest BCUT2D eigenvalue weighted by Crippen LogP contribution is 2.28. The number of rotatable bonds is 2. The van der Waals surface area contributed by atoms with E-state index in [0.29, 0.717) is 6.04 Å². The molecule has 4 rings (SSSR count). The number of hydrogen-bond donors (Lipinski definition) is 1. The van der Waals surface area contributed by atoms with Crippen LogP contribution in [0.15, 0.2) is 22.9 Å². The van der Waals surface area contributed by atoms with Crippen molar-refractivity contribution in [3.63, 3.8) is 0 Å². The van der Waals surface area contributed by atoms with Gasteiger partial charge in [-0.05, 0) is 36.0 Å². The minimum absolute atomic E-state index is 0.525. The number of pyridine rings is 1. The standard InChI is InChI=1S/C14H15BrN6/c1-8-5-21-11-3-9(15)4-17-12(11)19-13(14(21)18-8)20-6-10(7-20)16-2/h3-5,10,16H,6-7H2,1-2H3. The van der Waals surface area contributed by atoms with Crippen LogP contribution in [0.4, 0.5) is 5.82 Å². The van der Waals surface area contributed by atoms with Crippen LogP contribution < -0.4 is 10.2 Å². The van der Waals surface area contributed by atoms with Gasteiger partial charge >= 0.3 is 0 Å². The van der Waals surface area contributed by atoms with Gasteiger partial charge in [0.2, 0.25) is 0 Å². The summed E-state index contributed by atoms with van der Waals surface area (Å²) in [5.41, 5.74) is 3.59. The second-order valence-electron chi connectivity index (χ2n) is 5.40. The van der Waals surface area contributed by atoms with Gasteiger partial charge in [-0.2, -0.15) is 0 Å². The molecular weight excluding hydrogens is 332 g/mol.